The Morgan fingerprint density at radius 2 is 2.08 bits per heavy atom. The van der Waals surface area contributed by atoms with Crippen LogP contribution in [0.2, 0.25) is 0 Å². The van der Waals surface area contributed by atoms with Crippen molar-refractivity contribution in [3.8, 4) is 0 Å². The Morgan fingerprint density at radius 1 is 1.46 bits per heavy atom. The third-order valence-electron chi connectivity index (χ3n) is 1.12. The van der Waals surface area contributed by atoms with E-state index in [-0.39, 0.29) is 0 Å². The summed E-state index contributed by atoms with van der Waals surface area (Å²) in [5, 5.41) is 0.633. The van der Waals surface area contributed by atoms with Crippen LogP contribution in [-0.2, 0) is 0 Å². The van der Waals surface area contributed by atoms with Gasteiger partial charge in [0.15, 0.2) is 5.17 Å². The summed E-state index contributed by atoms with van der Waals surface area (Å²) < 4.78 is 0. The first-order valence-electron chi connectivity index (χ1n) is 3.73. The van der Waals surface area contributed by atoms with Gasteiger partial charge in [-0.05, 0) is 19.0 Å². The van der Waals surface area contributed by atoms with Crippen molar-refractivity contribution in [2.24, 2.45) is 9.98 Å². The zero-order chi connectivity index (χ0) is 10.3. The lowest BCUT2D eigenvalue weighted by Crippen LogP contribution is -2.00. The van der Waals surface area contributed by atoms with Gasteiger partial charge in [-0.1, -0.05) is 18.3 Å². The third-order valence-corrected chi connectivity index (χ3v) is 1.71. The third kappa shape index (κ3) is 6.16. The summed E-state index contributed by atoms with van der Waals surface area (Å²) in [6.45, 7) is 7.16. The van der Waals surface area contributed by atoms with E-state index in [1.165, 1.54) is 11.8 Å². The number of aliphatic imine (C=N–C) groups is 2. The van der Waals surface area contributed by atoms with Gasteiger partial charge in [-0.15, -0.1) is 0 Å². The molecule has 0 rings (SSSR count). The van der Waals surface area contributed by atoms with Crippen LogP contribution in [0.1, 0.15) is 0 Å². The molecule has 0 aromatic heterocycles. The number of hydrogen-bond donors (Lipinski definition) is 0. The Balaban J connectivity index is 4.28. The topological polar surface area (TPSA) is 28.0 Å². The molecule has 0 aliphatic heterocycles. The highest BCUT2D eigenvalue weighted by Gasteiger charge is 1.91. The van der Waals surface area contributed by atoms with Gasteiger partial charge in [-0.2, -0.15) is 0 Å². The molecule has 0 radical (unpaired) electrons. The van der Waals surface area contributed by atoms with Gasteiger partial charge in [-0.3, -0.25) is 0 Å². The maximum absolute atomic E-state index is 4.13. The summed E-state index contributed by atoms with van der Waals surface area (Å²) in [6, 6.07) is 0. The van der Waals surface area contributed by atoms with Crippen molar-refractivity contribution in [2.75, 3.05) is 20.4 Å². The number of rotatable bonds is 3. The SMILES string of the molecule is C=NC(=NC(=C)C=CN(C)C)SC. The normalized spacial score (nSPS) is 11.8. The number of nitrogens with zero attached hydrogens (tertiary/aromatic N) is 3. The van der Waals surface area contributed by atoms with Gasteiger partial charge in [0.25, 0.3) is 0 Å². The van der Waals surface area contributed by atoms with Gasteiger partial charge in [0.2, 0.25) is 0 Å². The van der Waals surface area contributed by atoms with E-state index in [1.807, 2.05) is 37.5 Å². The molecule has 72 valence electrons. The molecular weight excluding hydrogens is 182 g/mol. The molecule has 4 heteroatoms. The van der Waals surface area contributed by atoms with E-state index >= 15 is 0 Å². The van der Waals surface area contributed by atoms with E-state index < -0.39 is 0 Å². The summed E-state index contributed by atoms with van der Waals surface area (Å²) in [7, 11) is 3.88. The fraction of sp³-hybridized carbons (Fsp3) is 0.333. The minimum Gasteiger partial charge on any atom is -0.383 e. The molecule has 0 bridgehead atoms. The maximum Gasteiger partial charge on any atom is 0.187 e. The number of amidine groups is 1. The van der Waals surface area contributed by atoms with Crippen LogP contribution in [0.5, 0.6) is 0 Å². The highest BCUT2D eigenvalue weighted by atomic mass is 32.2. The predicted octanol–water partition coefficient (Wildman–Crippen LogP) is 2.00. The van der Waals surface area contributed by atoms with Crippen molar-refractivity contribution >= 4 is 23.6 Å². The smallest absolute Gasteiger partial charge is 0.187 e. The van der Waals surface area contributed by atoms with Gasteiger partial charge in [0.05, 0.1) is 5.70 Å². The van der Waals surface area contributed by atoms with Crippen LogP contribution in [-0.4, -0.2) is 37.1 Å². The lowest BCUT2D eigenvalue weighted by molar-refractivity contribution is 0.563. The number of hydrogen-bond acceptors (Lipinski definition) is 3. The van der Waals surface area contributed by atoms with Gasteiger partial charge < -0.3 is 4.90 Å². The monoisotopic (exact) mass is 197 g/mol. The average molecular weight is 197 g/mol. The van der Waals surface area contributed by atoms with E-state index in [9.17, 15) is 0 Å². The fourth-order valence-corrected chi connectivity index (χ4v) is 0.878. The largest absolute Gasteiger partial charge is 0.383 e. The van der Waals surface area contributed by atoms with Crippen molar-refractivity contribution in [3.63, 3.8) is 0 Å². The molecule has 3 nitrogen and oxygen atoms in total. The molecule has 0 saturated carbocycles. The van der Waals surface area contributed by atoms with Crippen molar-refractivity contribution in [2.45, 2.75) is 0 Å². The molecule has 0 spiro atoms. The van der Waals surface area contributed by atoms with Crippen LogP contribution in [0.25, 0.3) is 0 Å². The molecule has 0 unspecified atom stereocenters. The average Bonchev–Trinajstić information content (AvgIpc) is 2.10. The van der Waals surface area contributed by atoms with Crippen LogP contribution >= 0.6 is 11.8 Å². The highest BCUT2D eigenvalue weighted by molar-refractivity contribution is 8.13. The molecule has 0 N–H and O–H groups in total. The summed E-state index contributed by atoms with van der Waals surface area (Å²) in [4.78, 5) is 9.77. The van der Waals surface area contributed by atoms with Crippen LogP contribution in [0.4, 0.5) is 0 Å². The Bertz CT molecular complexity index is 241. The van der Waals surface area contributed by atoms with E-state index in [1.54, 1.807) is 0 Å². The lowest BCUT2D eigenvalue weighted by atomic mass is 10.5. The molecular formula is C9H15N3S. The van der Waals surface area contributed by atoms with Crippen LogP contribution in [0, 0.1) is 0 Å². The Morgan fingerprint density at radius 3 is 2.46 bits per heavy atom. The van der Waals surface area contributed by atoms with Crippen molar-refractivity contribution < 1.29 is 0 Å². The molecule has 0 amide bonds. The standard InChI is InChI=1S/C9H15N3S/c1-8(6-7-12(3)4)11-9(10-2)13-5/h6-7H,1-2H2,3-5H3. The molecule has 0 aromatic rings. The first-order chi connectivity index (χ1) is 6.10. The molecule has 0 fully saturated rings. The molecule has 13 heavy (non-hydrogen) atoms. The lowest BCUT2D eigenvalue weighted by Gasteiger charge is -2.02. The van der Waals surface area contributed by atoms with Crippen molar-refractivity contribution in [1.29, 1.82) is 0 Å². The van der Waals surface area contributed by atoms with E-state index in [4.69, 9.17) is 0 Å². The first-order valence-corrected chi connectivity index (χ1v) is 4.95. The Labute approximate surface area is 84.0 Å². The molecule has 0 saturated heterocycles. The molecule has 0 aliphatic carbocycles. The zero-order valence-corrected chi connectivity index (χ0v) is 9.14. The Hall–Kier alpha value is -1.03. The fourth-order valence-electron chi connectivity index (χ4n) is 0.541. The number of allylic oxidation sites excluding steroid dienone is 1. The van der Waals surface area contributed by atoms with Gasteiger partial charge in [0, 0.05) is 20.3 Å². The summed E-state index contributed by atoms with van der Waals surface area (Å²) in [6.07, 6.45) is 5.60. The van der Waals surface area contributed by atoms with Gasteiger partial charge >= 0.3 is 0 Å². The van der Waals surface area contributed by atoms with Gasteiger partial charge in [0.1, 0.15) is 0 Å². The number of thioether (sulfide) groups is 1. The van der Waals surface area contributed by atoms with Crippen LogP contribution < -0.4 is 0 Å². The molecule has 0 atom stereocenters. The second-order valence-corrected chi connectivity index (χ2v) is 3.30. The van der Waals surface area contributed by atoms with Crippen LogP contribution in [0.15, 0.2) is 34.5 Å². The summed E-state index contributed by atoms with van der Waals surface area (Å²) in [5.74, 6) is 0. The summed E-state index contributed by atoms with van der Waals surface area (Å²) in [5.41, 5.74) is 0.672. The van der Waals surface area contributed by atoms with E-state index in [0.29, 0.717) is 10.9 Å². The minimum absolute atomic E-state index is 0.633. The minimum atomic E-state index is 0.633. The van der Waals surface area contributed by atoms with E-state index in [0.717, 1.165) is 0 Å². The summed E-state index contributed by atoms with van der Waals surface area (Å²) >= 11 is 1.45. The molecule has 0 aromatic carbocycles. The van der Waals surface area contributed by atoms with Crippen molar-refractivity contribution in [1.82, 2.24) is 4.90 Å². The molecule has 0 heterocycles. The second-order valence-electron chi connectivity index (χ2n) is 2.53. The molecule has 0 aliphatic rings. The predicted molar refractivity (Wildman–Crippen MR) is 62.5 cm³/mol. The van der Waals surface area contributed by atoms with Gasteiger partial charge in [-0.25, -0.2) is 9.98 Å². The Kier molecular flexibility index (Phi) is 5.97. The first kappa shape index (κ1) is 12.0. The quantitative estimate of drug-likeness (QED) is 0.393. The zero-order valence-electron chi connectivity index (χ0n) is 8.32. The van der Waals surface area contributed by atoms with Crippen LogP contribution in [0.3, 0.4) is 0 Å². The second kappa shape index (κ2) is 6.48. The highest BCUT2D eigenvalue weighted by Crippen LogP contribution is 2.04. The van der Waals surface area contributed by atoms with Crippen molar-refractivity contribution in [3.05, 3.63) is 24.6 Å². The van der Waals surface area contributed by atoms with E-state index in [2.05, 4.69) is 23.3 Å². The maximum atomic E-state index is 4.13.